The summed E-state index contributed by atoms with van der Waals surface area (Å²) in [5, 5.41) is 5.06. The lowest BCUT2D eigenvalue weighted by molar-refractivity contribution is 1.18. The molecule has 2 heteroatoms. The van der Waals surface area contributed by atoms with Crippen molar-refractivity contribution in [1.82, 2.24) is 9.13 Å². The molecular formula is C48H32N2. The minimum Gasteiger partial charge on any atom is -0.309 e. The van der Waals surface area contributed by atoms with Crippen LogP contribution in [-0.4, -0.2) is 9.13 Å². The van der Waals surface area contributed by atoms with Crippen LogP contribution in [0.25, 0.3) is 88.4 Å². The van der Waals surface area contributed by atoms with Gasteiger partial charge in [0.25, 0.3) is 0 Å². The lowest BCUT2D eigenvalue weighted by atomic mass is 9.95. The van der Waals surface area contributed by atoms with Gasteiger partial charge in [-0.05, 0) is 88.0 Å². The highest BCUT2D eigenvalue weighted by Gasteiger charge is 2.20. The van der Waals surface area contributed by atoms with E-state index in [0.717, 1.165) is 5.69 Å². The fourth-order valence-corrected chi connectivity index (χ4v) is 7.93. The lowest BCUT2D eigenvalue weighted by Crippen LogP contribution is -1.94. The van der Waals surface area contributed by atoms with Crippen molar-refractivity contribution in [1.29, 1.82) is 0 Å². The van der Waals surface area contributed by atoms with Crippen LogP contribution in [0.3, 0.4) is 0 Å². The Morgan fingerprint density at radius 3 is 1.22 bits per heavy atom. The van der Waals surface area contributed by atoms with E-state index in [2.05, 4.69) is 203 Å². The van der Waals surface area contributed by atoms with E-state index >= 15 is 0 Å². The second kappa shape index (κ2) is 11.5. The molecule has 2 aromatic heterocycles. The van der Waals surface area contributed by atoms with Gasteiger partial charge in [0.2, 0.25) is 0 Å². The molecule has 0 amide bonds. The van der Waals surface area contributed by atoms with Crippen molar-refractivity contribution in [3.8, 4) is 44.8 Å². The van der Waals surface area contributed by atoms with Crippen LogP contribution < -0.4 is 0 Å². The first kappa shape index (κ1) is 28.4. The summed E-state index contributed by atoms with van der Waals surface area (Å²) in [4.78, 5) is 0. The molecule has 10 rings (SSSR count). The number of rotatable bonds is 5. The number of aromatic nitrogens is 2. The fourth-order valence-electron chi connectivity index (χ4n) is 7.93. The zero-order valence-corrected chi connectivity index (χ0v) is 27.4. The second-order valence-electron chi connectivity index (χ2n) is 12.9. The lowest BCUT2D eigenvalue weighted by Gasteiger charge is -2.11. The van der Waals surface area contributed by atoms with Gasteiger partial charge in [0.1, 0.15) is 0 Å². The zero-order valence-electron chi connectivity index (χ0n) is 27.4. The molecule has 0 aliphatic rings. The topological polar surface area (TPSA) is 9.86 Å². The van der Waals surface area contributed by atoms with Crippen LogP contribution in [0.1, 0.15) is 0 Å². The minimum atomic E-state index is 1.15. The quantitative estimate of drug-likeness (QED) is 0.178. The number of hydrogen-bond acceptors (Lipinski definition) is 0. The van der Waals surface area contributed by atoms with Crippen LogP contribution in [0, 0.1) is 0 Å². The van der Waals surface area contributed by atoms with Crippen molar-refractivity contribution in [2.75, 3.05) is 0 Å². The van der Waals surface area contributed by atoms with Crippen molar-refractivity contribution < 1.29 is 0 Å². The van der Waals surface area contributed by atoms with E-state index in [-0.39, 0.29) is 0 Å². The summed E-state index contributed by atoms with van der Waals surface area (Å²) in [5.41, 5.74) is 14.5. The fraction of sp³-hybridized carbons (Fsp3) is 0. The highest BCUT2D eigenvalue weighted by Crippen LogP contribution is 2.44. The van der Waals surface area contributed by atoms with Gasteiger partial charge in [-0.3, -0.25) is 0 Å². The predicted octanol–water partition coefficient (Wildman–Crippen LogP) is 12.9. The third-order valence-corrected chi connectivity index (χ3v) is 10.1. The molecule has 0 unspecified atom stereocenters. The van der Waals surface area contributed by atoms with Crippen LogP contribution >= 0.6 is 0 Å². The van der Waals surface area contributed by atoms with Crippen LogP contribution in [0.5, 0.6) is 0 Å². The van der Waals surface area contributed by atoms with Crippen LogP contribution in [-0.2, 0) is 0 Å². The first-order chi connectivity index (χ1) is 24.8. The Morgan fingerprint density at radius 2 is 0.660 bits per heavy atom. The largest absolute Gasteiger partial charge is 0.309 e. The molecule has 10 aromatic rings. The third-order valence-electron chi connectivity index (χ3n) is 10.1. The molecule has 2 nitrogen and oxygen atoms in total. The van der Waals surface area contributed by atoms with E-state index in [1.165, 1.54) is 82.7 Å². The second-order valence-corrected chi connectivity index (χ2v) is 12.9. The average Bonchev–Trinajstić information content (AvgIpc) is 3.72. The maximum atomic E-state index is 2.42. The van der Waals surface area contributed by atoms with E-state index in [0.29, 0.717) is 0 Å². The first-order valence-electron chi connectivity index (χ1n) is 17.2. The van der Waals surface area contributed by atoms with Crippen LogP contribution in [0.4, 0.5) is 0 Å². The molecule has 0 radical (unpaired) electrons. The maximum Gasteiger partial charge on any atom is 0.0547 e. The molecule has 0 aliphatic heterocycles. The van der Waals surface area contributed by atoms with E-state index in [1.807, 2.05) is 0 Å². The van der Waals surface area contributed by atoms with Gasteiger partial charge >= 0.3 is 0 Å². The molecule has 0 saturated heterocycles. The van der Waals surface area contributed by atoms with Crippen molar-refractivity contribution in [2.24, 2.45) is 0 Å². The summed E-state index contributed by atoms with van der Waals surface area (Å²) < 4.78 is 4.82. The van der Waals surface area contributed by atoms with E-state index in [9.17, 15) is 0 Å². The summed E-state index contributed by atoms with van der Waals surface area (Å²) >= 11 is 0. The van der Waals surface area contributed by atoms with Gasteiger partial charge in [-0.15, -0.1) is 0 Å². The van der Waals surface area contributed by atoms with Gasteiger partial charge in [-0.2, -0.15) is 0 Å². The number of hydrogen-bond donors (Lipinski definition) is 0. The highest BCUT2D eigenvalue weighted by molar-refractivity contribution is 6.22. The number of fused-ring (bicyclic) bond motifs is 6. The monoisotopic (exact) mass is 636 g/mol. The SMILES string of the molecule is c1ccc(-c2cccc(-c3ccc(-n4c5ccccc5c5c(-c6cccc7c6c6ccccc6n7-c6ccccc6)cccc54)cc3)c2)cc1. The summed E-state index contributed by atoms with van der Waals surface area (Å²) in [6.07, 6.45) is 0. The van der Waals surface area contributed by atoms with Gasteiger partial charge < -0.3 is 9.13 Å². The van der Waals surface area contributed by atoms with Crippen molar-refractivity contribution in [3.05, 3.63) is 194 Å². The molecule has 0 spiro atoms. The van der Waals surface area contributed by atoms with Crippen LogP contribution in [0.2, 0.25) is 0 Å². The third kappa shape index (κ3) is 4.43. The molecule has 0 atom stereocenters. The number of nitrogens with zero attached hydrogens (tertiary/aromatic N) is 2. The van der Waals surface area contributed by atoms with E-state index in [4.69, 9.17) is 0 Å². The normalized spacial score (nSPS) is 11.6. The maximum absolute atomic E-state index is 2.42. The molecular weight excluding hydrogens is 605 g/mol. The number of para-hydroxylation sites is 3. The standard InChI is InChI=1S/C48H32N2/c1-3-14-33(15-4-1)35-16-11-17-36(32-35)34-28-30-38(31-29-34)50-44-25-10-8-21-42(44)48-40(23-13-27-46(48)50)39-22-12-26-45-47(39)41-20-7-9-24-43(41)49(45)37-18-5-2-6-19-37/h1-32H. The van der Waals surface area contributed by atoms with E-state index in [1.54, 1.807) is 0 Å². The Hall–Kier alpha value is -6.64. The van der Waals surface area contributed by atoms with Gasteiger partial charge in [0.15, 0.2) is 0 Å². The summed E-state index contributed by atoms with van der Waals surface area (Å²) in [5.74, 6) is 0. The molecule has 234 valence electrons. The van der Waals surface area contributed by atoms with Crippen molar-refractivity contribution >= 4 is 43.6 Å². The Balaban J connectivity index is 1.16. The first-order valence-corrected chi connectivity index (χ1v) is 17.2. The highest BCUT2D eigenvalue weighted by atomic mass is 15.0. The Bertz CT molecular complexity index is 2840. The van der Waals surface area contributed by atoms with Crippen LogP contribution in [0.15, 0.2) is 194 Å². The molecule has 0 saturated carbocycles. The Kier molecular flexibility index (Phi) is 6.53. The van der Waals surface area contributed by atoms with E-state index < -0.39 is 0 Å². The van der Waals surface area contributed by atoms with Crippen molar-refractivity contribution in [3.63, 3.8) is 0 Å². The average molecular weight is 637 g/mol. The minimum absolute atomic E-state index is 1.15. The molecule has 0 aliphatic carbocycles. The molecule has 8 aromatic carbocycles. The predicted molar refractivity (Wildman–Crippen MR) is 211 cm³/mol. The van der Waals surface area contributed by atoms with Crippen molar-refractivity contribution in [2.45, 2.75) is 0 Å². The molecule has 50 heavy (non-hydrogen) atoms. The molecule has 0 fully saturated rings. The smallest absolute Gasteiger partial charge is 0.0547 e. The summed E-state index contributed by atoms with van der Waals surface area (Å²) in [6.45, 7) is 0. The molecule has 0 bridgehead atoms. The zero-order chi connectivity index (χ0) is 33.0. The Labute approximate surface area is 290 Å². The van der Waals surface area contributed by atoms with Gasteiger partial charge in [0.05, 0.1) is 22.1 Å². The number of benzene rings is 8. The van der Waals surface area contributed by atoms with Gasteiger partial charge in [-0.25, -0.2) is 0 Å². The summed E-state index contributed by atoms with van der Waals surface area (Å²) in [6, 6.07) is 70.3. The summed E-state index contributed by atoms with van der Waals surface area (Å²) in [7, 11) is 0. The molecule has 0 N–H and O–H groups in total. The Morgan fingerprint density at radius 1 is 0.260 bits per heavy atom. The van der Waals surface area contributed by atoms with Gasteiger partial charge in [0, 0.05) is 32.9 Å². The molecule has 2 heterocycles. The van der Waals surface area contributed by atoms with Gasteiger partial charge in [-0.1, -0.05) is 140 Å².